The van der Waals surface area contributed by atoms with Crippen LogP contribution in [-0.4, -0.2) is 36.2 Å². The van der Waals surface area contributed by atoms with E-state index in [1.165, 1.54) is 0 Å². The standard InChI is InChI=1S/C15H19NO4/c1-3-19-14(17)13-9-11(2)16(10-13)20-15(18)12-7-5-4-6-8-12/h4-8,11,13H,3,9-10H2,1-2H3/t11-,13-/m1/s1. The van der Waals surface area contributed by atoms with Crippen molar-refractivity contribution >= 4 is 11.9 Å². The fraction of sp³-hybridized carbons (Fsp3) is 0.467. The van der Waals surface area contributed by atoms with E-state index in [9.17, 15) is 9.59 Å². The van der Waals surface area contributed by atoms with Crippen molar-refractivity contribution in [1.82, 2.24) is 5.06 Å². The van der Waals surface area contributed by atoms with Crippen molar-refractivity contribution in [1.29, 1.82) is 0 Å². The molecule has 20 heavy (non-hydrogen) atoms. The second-order valence-electron chi connectivity index (χ2n) is 4.88. The van der Waals surface area contributed by atoms with Crippen molar-refractivity contribution < 1.29 is 19.2 Å². The Kier molecular flexibility index (Phi) is 4.74. The molecule has 108 valence electrons. The van der Waals surface area contributed by atoms with Crippen LogP contribution in [0.25, 0.3) is 0 Å². The topological polar surface area (TPSA) is 55.8 Å². The van der Waals surface area contributed by atoms with Crippen LogP contribution in [0.2, 0.25) is 0 Å². The van der Waals surface area contributed by atoms with Crippen LogP contribution in [0.3, 0.4) is 0 Å². The quantitative estimate of drug-likeness (QED) is 0.788. The summed E-state index contributed by atoms with van der Waals surface area (Å²) in [5.74, 6) is -0.854. The number of carbonyl (C=O) groups is 2. The molecule has 0 amide bonds. The van der Waals surface area contributed by atoms with Gasteiger partial charge in [0.25, 0.3) is 0 Å². The van der Waals surface area contributed by atoms with Crippen molar-refractivity contribution in [2.24, 2.45) is 5.92 Å². The van der Waals surface area contributed by atoms with E-state index in [1.807, 2.05) is 13.0 Å². The number of benzene rings is 1. The molecule has 0 radical (unpaired) electrons. The van der Waals surface area contributed by atoms with Crippen LogP contribution in [0.1, 0.15) is 30.6 Å². The van der Waals surface area contributed by atoms with Crippen molar-refractivity contribution in [3.05, 3.63) is 35.9 Å². The SMILES string of the molecule is CCOC(=O)[C@@H]1C[C@@H](C)N(OC(=O)c2ccccc2)C1. The molecule has 5 nitrogen and oxygen atoms in total. The third-order valence-electron chi connectivity index (χ3n) is 3.35. The zero-order chi connectivity index (χ0) is 14.5. The molecule has 1 aliphatic rings. The first kappa shape index (κ1) is 14.5. The van der Waals surface area contributed by atoms with Crippen LogP contribution in [0.4, 0.5) is 0 Å². The minimum absolute atomic E-state index is 0.0112. The normalized spacial score (nSPS) is 22.5. The number of esters is 1. The van der Waals surface area contributed by atoms with Crippen LogP contribution < -0.4 is 0 Å². The van der Waals surface area contributed by atoms with Gasteiger partial charge in [-0.05, 0) is 32.4 Å². The molecule has 1 aromatic rings. The fourth-order valence-electron chi connectivity index (χ4n) is 2.29. The molecule has 0 aromatic heterocycles. The molecule has 0 aliphatic carbocycles. The van der Waals surface area contributed by atoms with E-state index < -0.39 is 5.97 Å². The van der Waals surface area contributed by atoms with Crippen molar-refractivity contribution in [3.8, 4) is 0 Å². The summed E-state index contributed by atoms with van der Waals surface area (Å²) >= 11 is 0. The van der Waals surface area contributed by atoms with E-state index in [1.54, 1.807) is 36.3 Å². The van der Waals surface area contributed by atoms with Gasteiger partial charge in [0.05, 0.1) is 18.1 Å². The summed E-state index contributed by atoms with van der Waals surface area (Å²) in [7, 11) is 0. The van der Waals surface area contributed by atoms with Gasteiger partial charge < -0.3 is 9.57 Å². The Morgan fingerprint density at radius 1 is 1.30 bits per heavy atom. The summed E-state index contributed by atoms with van der Waals surface area (Å²) in [5.41, 5.74) is 0.499. The first-order valence-electron chi connectivity index (χ1n) is 6.82. The molecule has 2 rings (SSSR count). The molecule has 1 saturated heterocycles. The molecule has 1 aromatic carbocycles. The van der Waals surface area contributed by atoms with E-state index >= 15 is 0 Å². The molecule has 0 spiro atoms. The van der Waals surface area contributed by atoms with Gasteiger partial charge in [-0.15, -0.1) is 5.06 Å². The Labute approximate surface area is 118 Å². The Balaban J connectivity index is 1.94. The molecule has 1 fully saturated rings. The Morgan fingerprint density at radius 2 is 2.00 bits per heavy atom. The third-order valence-corrected chi connectivity index (χ3v) is 3.35. The monoisotopic (exact) mass is 277 g/mol. The van der Waals surface area contributed by atoms with Gasteiger partial charge in [0, 0.05) is 12.6 Å². The van der Waals surface area contributed by atoms with E-state index in [0.29, 0.717) is 25.1 Å². The number of hydrogen-bond donors (Lipinski definition) is 0. The first-order valence-corrected chi connectivity index (χ1v) is 6.82. The largest absolute Gasteiger partial charge is 0.466 e. The Morgan fingerprint density at radius 3 is 2.65 bits per heavy atom. The number of nitrogens with zero attached hydrogens (tertiary/aromatic N) is 1. The van der Waals surface area contributed by atoms with Crippen molar-refractivity contribution in [3.63, 3.8) is 0 Å². The highest BCUT2D eigenvalue weighted by Crippen LogP contribution is 2.25. The molecule has 0 N–H and O–H groups in total. The number of rotatable bonds is 4. The number of hydroxylamine groups is 2. The lowest BCUT2D eigenvalue weighted by Crippen LogP contribution is -2.31. The van der Waals surface area contributed by atoms with Crippen molar-refractivity contribution in [2.75, 3.05) is 13.2 Å². The number of carbonyl (C=O) groups excluding carboxylic acids is 2. The number of ether oxygens (including phenoxy) is 1. The predicted molar refractivity (Wildman–Crippen MR) is 72.8 cm³/mol. The average Bonchev–Trinajstić information content (AvgIpc) is 2.81. The molecule has 0 bridgehead atoms. The second-order valence-corrected chi connectivity index (χ2v) is 4.88. The maximum atomic E-state index is 12.0. The van der Waals surface area contributed by atoms with E-state index in [2.05, 4.69) is 0 Å². The molecular formula is C15H19NO4. The van der Waals surface area contributed by atoms with Crippen LogP contribution in [0.5, 0.6) is 0 Å². The highest BCUT2D eigenvalue weighted by Gasteiger charge is 2.37. The molecule has 2 atom stereocenters. The summed E-state index contributed by atoms with van der Waals surface area (Å²) in [6.45, 7) is 4.47. The fourth-order valence-corrected chi connectivity index (χ4v) is 2.29. The highest BCUT2D eigenvalue weighted by molar-refractivity contribution is 5.89. The average molecular weight is 277 g/mol. The zero-order valence-electron chi connectivity index (χ0n) is 11.7. The molecule has 1 aliphatic heterocycles. The van der Waals surface area contributed by atoms with Gasteiger partial charge in [-0.1, -0.05) is 18.2 Å². The summed E-state index contributed by atoms with van der Waals surface area (Å²) < 4.78 is 5.01. The predicted octanol–water partition coefficient (Wildman–Crippen LogP) is 2.03. The van der Waals surface area contributed by atoms with Gasteiger partial charge in [0.15, 0.2) is 0 Å². The van der Waals surface area contributed by atoms with Gasteiger partial charge in [-0.25, -0.2) is 4.79 Å². The van der Waals surface area contributed by atoms with Crippen molar-refractivity contribution in [2.45, 2.75) is 26.3 Å². The van der Waals surface area contributed by atoms with E-state index in [-0.39, 0.29) is 17.9 Å². The molecule has 5 heteroatoms. The minimum Gasteiger partial charge on any atom is -0.466 e. The van der Waals surface area contributed by atoms with Gasteiger partial charge >= 0.3 is 11.9 Å². The van der Waals surface area contributed by atoms with E-state index in [0.717, 1.165) is 0 Å². The van der Waals surface area contributed by atoms with E-state index in [4.69, 9.17) is 9.57 Å². The lowest BCUT2D eigenvalue weighted by atomic mass is 10.1. The van der Waals surface area contributed by atoms with Crippen LogP contribution in [0, 0.1) is 5.92 Å². The maximum Gasteiger partial charge on any atom is 0.357 e. The molecule has 0 saturated carbocycles. The smallest absolute Gasteiger partial charge is 0.357 e. The minimum atomic E-state index is -0.401. The van der Waals surface area contributed by atoms with Gasteiger partial charge in [0.1, 0.15) is 0 Å². The molecule has 0 unspecified atom stereocenters. The summed E-state index contributed by atoms with van der Waals surface area (Å²) in [5, 5.41) is 1.57. The van der Waals surface area contributed by atoms with Crippen LogP contribution in [0.15, 0.2) is 30.3 Å². The zero-order valence-corrected chi connectivity index (χ0v) is 11.7. The van der Waals surface area contributed by atoms with Gasteiger partial charge in [-0.2, -0.15) is 0 Å². The van der Waals surface area contributed by atoms with Gasteiger partial charge in [0.2, 0.25) is 0 Å². The molecule has 1 heterocycles. The lowest BCUT2D eigenvalue weighted by molar-refractivity contribution is -0.150. The Hall–Kier alpha value is -1.88. The molecular weight excluding hydrogens is 258 g/mol. The summed E-state index contributed by atoms with van der Waals surface area (Å²) in [4.78, 5) is 29.0. The number of hydrogen-bond acceptors (Lipinski definition) is 5. The van der Waals surface area contributed by atoms with Crippen LogP contribution >= 0.6 is 0 Å². The first-order chi connectivity index (χ1) is 9.61. The lowest BCUT2D eigenvalue weighted by Gasteiger charge is -2.19. The van der Waals surface area contributed by atoms with Crippen LogP contribution in [-0.2, 0) is 14.4 Å². The van der Waals surface area contributed by atoms with Gasteiger partial charge in [-0.3, -0.25) is 4.79 Å². The highest BCUT2D eigenvalue weighted by atomic mass is 16.7. The second kappa shape index (κ2) is 6.52. The summed E-state index contributed by atoms with van der Waals surface area (Å²) in [6.07, 6.45) is 0.640. The third kappa shape index (κ3) is 3.36. The maximum absolute atomic E-state index is 12.0. The Bertz CT molecular complexity index is 474. The summed E-state index contributed by atoms with van der Waals surface area (Å²) in [6, 6.07) is 8.82.